The normalized spacial score (nSPS) is 15.6. The van der Waals surface area contributed by atoms with Crippen LogP contribution in [0.1, 0.15) is 17.7 Å². The van der Waals surface area contributed by atoms with Crippen LogP contribution in [0, 0.1) is 10.1 Å². The molecule has 1 aliphatic heterocycles. The van der Waals surface area contributed by atoms with Crippen LogP contribution >= 0.6 is 11.8 Å². The Morgan fingerprint density at radius 1 is 1.23 bits per heavy atom. The minimum absolute atomic E-state index is 0.0585. The van der Waals surface area contributed by atoms with E-state index in [1.54, 1.807) is 6.20 Å². The predicted octanol–water partition coefficient (Wildman–Crippen LogP) is 3.18. The lowest BCUT2D eigenvalue weighted by molar-refractivity contribution is -0.385. The molecule has 0 N–H and O–H groups in total. The van der Waals surface area contributed by atoms with Gasteiger partial charge >= 0.3 is 0 Å². The van der Waals surface area contributed by atoms with Gasteiger partial charge in [-0.05, 0) is 18.2 Å². The van der Waals surface area contributed by atoms with Crippen molar-refractivity contribution in [1.29, 1.82) is 0 Å². The van der Waals surface area contributed by atoms with Gasteiger partial charge in [-0.1, -0.05) is 17.8 Å². The number of ether oxygens (including phenoxy) is 2. The number of aromatic nitrogens is 3. The van der Waals surface area contributed by atoms with E-state index in [1.807, 2.05) is 18.2 Å². The zero-order valence-electron chi connectivity index (χ0n) is 13.3. The molecule has 0 amide bonds. The molecule has 3 heterocycles. The van der Waals surface area contributed by atoms with Crippen molar-refractivity contribution < 1.29 is 18.8 Å². The van der Waals surface area contributed by atoms with E-state index in [1.165, 1.54) is 30.0 Å². The molecule has 0 saturated heterocycles. The first-order valence-corrected chi connectivity index (χ1v) is 8.61. The quantitative estimate of drug-likeness (QED) is 0.378. The van der Waals surface area contributed by atoms with Gasteiger partial charge in [0.25, 0.3) is 16.8 Å². The van der Waals surface area contributed by atoms with Gasteiger partial charge in [-0.2, -0.15) is 0 Å². The summed E-state index contributed by atoms with van der Waals surface area (Å²) in [5.41, 5.74) is 0.849. The molecule has 1 aromatic carbocycles. The van der Waals surface area contributed by atoms with E-state index in [9.17, 15) is 10.1 Å². The molecule has 0 aliphatic carbocycles. The van der Waals surface area contributed by atoms with Gasteiger partial charge in [0.15, 0.2) is 11.5 Å². The lowest BCUT2D eigenvalue weighted by Crippen LogP contribution is -2.22. The highest BCUT2D eigenvalue weighted by atomic mass is 32.2. The van der Waals surface area contributed by atoms with Crippen LogP contribution in [0.4, 0.5) is 5.69 Å². The number of rotatable bonds is 5. The van der Waals surface area contributed by atoms with Crippen molar-refractivity contribution in [1.82, 2.24) is 15.2 Å². The third-order valence-corrected chi connectivity index (χ3v) is 4.42. The van der Waals surface area contributed by atoms with Gasteiger partial charge in [-0.3, -0.25) is 15.1 Å². The van der Waals surface area contributed by atoms with Gasteiger partial charge < -0.3 is 13.9 Å². The molecule has 0 bridgehead atoms. The van der Waals surface area contributed by atoms with Gasteiger partial charge in [0.1, 0.15) is 6.61 Å². The van der Waals surface area contributed by atoms with Gasteiger partial charge in [0.05, 0.1) is 16.7 Å². The van der Waals surface area contributed by atoms with Crippen molar-refractivity contribution in [2.24, 2.45) is 0 Å². The van der Waals surface area contributed by atoms with Crippen LogP contribution < -0.4 is 9.47 Å². The molecule has 1 unspecified atom stereocenters. The summed E-state index contributed by atoms with van der Waals surface area (Å²) in [4.78, 5) is 14.6. The largest absolute Gasteiger partial charge is 0.485 e. The third kappa shape index (κ3) is 3.45. The molecule has 9 nitrogen and oxygen atoms in total. The van der Waals surface area contributed by atoms with Crippen molar-refractivity contribution in [3.05, 3.63) is 64.3 Å². The summed E-state index contributed by atoms with van der Waals surface area (Å²) >= 11 is 1.38. The Hall–Kier alpha value is -3.14. The van der Waals surface area contributed by atoms with Crippen molar-refractivity contribution in [3.8, 4) is 11.5 Å². The second-order valence-corrected chi connectivity index (χ2v) is 6.25. The minimum Gasteiger partial charge on any atom is -0.485 e. The molecule has 26 heavy (non-hydrogen) atoms. The van der Waals surface area contributed by atoms with E-state index in [0.29, 0.717) is 22.5 Å². The monoisotopic (exact) mass is 372 g/mol. The molecule has 1 aliphatic rings. The van der Waals surface area contributed by atoms with E-state index in [2.05, 4.69) is 15.2 Å². The summed E-state index contributed by atoms with van der Waals surface area (Å²) in [7, 11) is 0. The van der Waals surface area contributed by atoms with Crippen LogP contribution in [0.3, 0.4) is 0 Å². The number of benzene rings is 1. The number of hydrogen-bond donors (Lipinski definition) is 0. The Morgan fingerprint density at radius 2 is 2.15 bits per heavy atom. The first kappa shape index (κ1) is 16.3. The van der Waals surface area contributed by atoms with Gasteiger partial charge in [0, 0.05) is 18.0 Å². The molecule has 2 aromatic heterocycles. The summed E-state index contributed by atoms with van der Waals surface area (Å²) in [6.07, 6.45) is 1.16. The zero-order chi connectivity index (χ0) is 17.9. The van der Waals surface area contributed by atoms with Gasteiger partial charge in [-0.25, -0.2) is 0 Å². The van der Waals surface area contributed by atoms with Crippen molar-refractivity contribution in [2.75, 3.05) is 6.61 Å². The van der Waals surface area contributed by atoms with Crippen LogP contribution in [-0.4, -0.2) is 26.7 Å². The van der Waals surface area contributed by atoms with Crippen molar-refractivity contribution >= 4 is 17.4 Å². The third-order valence-electron chi connectivity index (χ3n) is 3.56. The van der Waals surface area contributed by atoms with Crippen LogP contribution in [0.2, 0.25) is 0 Å². The molecule has 0 spiro atoms. The van der Waals surface area contributed by atoms with Crippen LogP contribution in [0.5, 0.6) is 11.5 Å². The molecule has 0 saturated carbocycles. The number of nitro groups is 1. The fourth-order valence-corrected chi connectivity index (χ4v) is 3.01. The Bertz CT molecular complexity index is 933. The highest BCUT2D eigenvalue weighted by molar-refractivity contribution is 7.98. The van der Waals surface area contributed by atoms with Crippen LogP contribution in [0.15, 0.2) is 52.2 Å². The predicted molar refractivity (Wildman–Crippen MR) is 90.1 cm³/mol. The smallest absolute Gasteiger partial charge is 0.277 e. The lowest BCUT2D eigenvalue weighted by Gasteiger charge is -2.23. The summed E-state index contributed by atoms with van der Waals surface area (Å²) in [5.74, 6) is 1.61. The van der Waals surface area contributed by atoms with Crippen LogP contribution in [-0.2, 0) is 5.75 Å². The number of pyridine rings is 1. The summed E-state index contributed by atoms with van der Waals surface area (Å²) < 4.78 is 16.9. The van der Waals surface area contributed by atoms with E-state index in [-0.39, 0.29) is 18.2 Å². The molecule has 10 heteroatoms. The molecule has 0 radical (unpaired) electrons. The Labute approximate surface area is 151 Å². The summed E-state index contributed by atoms with van der Waals surface area (Å²) in [6.45, 7) is 0.126. The topological polar surface area (TPSA) is 113 Å². The number of nitrogens with zero attached hydrogens (tertiary/aromatic N) is 4. The zero-order valence-corrected chi connectivity index (χ0v) is 14.1. The Balaban J connectivity index is 1.43. The first-order valence-electron chi connectivity index (χ1n) is 7.63. The summed E-state index contributed by atoms with van der Waals surface area (Å²) in [6, 6.07) is 9.86. The van der Waals surface area contributed by atoms with Crippen LogP contribution in [0.25, 0.3) is 0 Å². The first-order chi connectivity index (χ1) is 12.7. The van der Waals surface area contributed by atoms with Gasteiger partial charge in [0.2, 0.25) is 6.10 Å². The molecular weight excluding hydrogens is 360 g/mol. The van der Waals surface area contributed by atoms with Crippen molar-refractivity contribution in [3.63, 3.8) is 0 Å². The standard InChI is InChI=1S/C16H12N4O5S/c21-20(22)11-4-5-12-13(7-11)23-8-14(24-12)15-18-19-16(25-15)26-9-10-3-1-2-6-17-10/h1-7,14H,8-9H2. The average molecular weight is 372 g/mol. The Kier molecular flexibility index (Phi) is 4.40. The summed E-state index contributed by atoms with van der Waals surface area (Å²) in [5, 5.41) is 19.2. The number of thioether (sulfide) groups is 1. The Morgan fingerprint density at radius 3 is 2.96 bits per heavy atom. The molecule has 0 fully saturated rings. The fraction of sp³-hybridized carbons (Fsp3) is 0.188. The average Bonchev–Trinajstić information content (AvgIpc) is 3.15. The minimum atomic E-state index is -0.569. The maximum Gasteiger partial charge on any atom is 0.277 e. The lowest BCUT2D eigenvalue weighted by atomic mass is 10.2. The van der Waals surface area contributed by atoms with E-state index in [0.717, 1.165) is 5.69 Å². The fourth-order valence-electron chi connectivity index (χ4n) is 2.32. The highest BCUT2D eigenvalue weighted by Crippen LogP contribution is 2.38. The van der Waals surface area contributed by atoms with E-state index >= 15 is 0 Å². The molecule has 1 atom stereocenters. The number of fused-ring (bicyclic) bond motifs is 1. The molecule has 3 aromatic rings. The highest BCUT2D eigenvalue weighted by Gasteiger charge is 2.28. The number of nitro benzene ring substituents is 1. The van der Waals surface area contributed by atoms with Gasteiger partial charge in [-0.15, -0.1) is 10.2 Å². The molecule has 132 valence electrons. The second kappa shape index (κ2) is 7.00. The maximum absolute atomic E-state index is 10.8. The SMILES string of the molecule is O=[N+]([O-])c1ccc2c(c1)OCC(c1nnc(SCc3ccccn3)o1)O2. The van der Waals surface area contributed by atoms with E-state index in [4.69, 9.17) is 13.9 Å². The second-order valence-electron chi connectivity index (χ2n) is 5.32. The van der Waals surface area contributed by atoms with E-state index < -0.39 is 11.0 Å². The molecular formula is C16H12N4O5S. The van der Waals surface area contributed by atoms with Crippen molar-refractivity contribution in [2.45, 2.75) is 17.1 Å². The maximum atomic E-state index is 10.8. The number of hydrogen-bond acceptors (Lipinski definition) is 9. The number of non-ortho nitro benzene ring substituents is 1. The molecule has 4 rings (SSSR count).